The predicted molar refractivity (Wildman–Crippen MR) is 74.9 cm³/mol. The number of aromatic nitrogens is 2. The average molecular weight is 268 g/mol. The number of esters is 1. The van der Waals surface area contributed by atoms with Crippen molar-refractivity contribution in [2.45, 2.75) is 0 Å². The first kappa shape index (κ1) is 12.3. The number of carbonyl (C=O) groups excluding carboxylic acids is 1. The van der Waals surface area contributed by atoms with Gasteiger partial charge in [-0.3, -0.25) is 0 Å². The van der Waals surface area contributed by atoms with Gasteiger partial charge in [-0.2, -0.15) is 0 Å². The molecule has 1 heterocycles. The van der Waals surface area contributed by atoms with E-state index in [9.17, 15) is 4.79 Å². The van der Waals surface area contributed by atoms with Crippen LogP contribution in [0, 0.1) is 0 Å². The standard InChI is InChI=1S/C15H12N2O3/c1-19-13-5-3-4-11-14(13)17-12-8-9(15(18)20-2)6-7-10(12)16-11/h3-8H,1-2H3. The zero-order valence-electron chi connectivity index (χ0n) is 11.1. The van der Waals surface area contributed by atoms with Crippen LogP contribution in [0.3, 0.4) is 0 Å². The highest BCUT2D eigenvalue weighted by Gasteiger charge is 2.10. The van der Waals surface area contributed by atoms with Gasteiger partial charge in [0, 0.05) is 0 Å². The second-order valence-corrected chi connectivity index (χ2v) is 4.25. The van der Waals surface area contributed by atoms with Crippen molar-refractivity contribution in [2.75, 3.05) is 14.2 Å². The highest BCUT2D eigenvalue weighted by molar-refractivity contribution is 5.96. The van der Waals surface area contributed by atoms with Crippen molar-refractivity contribution in [1.82, 2.24) is 9.97 Å². The number of nitrogens with zero attached hydrogens (tertiary/aromatic N) is 2. The molecular formula is C15H12N2O3. The zero-order chi connectivity index (χ0) is 14.1. The van der Waals surface area contributed by atoms with Crippen LogP contribution in [-0.2, 0) is 4.74 Å². The number of rotatable bonds is 2. The summed E-state index contributed by atoms with van der Waals surface area (Å²) in [7, 11) is 2.94. The maximum absolute atomic E-state index is 11.5. The largest absolute Gasteiger partial charge is 0.494 e. The molecule has 2 aromatic carbocycles. The summed E-state index contributed by atoms with van der Waals surface area (Å²) in [6.45, 7) is 0. The van der Waals surface area contributed by atoms with Crippen LogP contribution in [0.2, 0.25) is 0 Å². The number of para-hydroxylation sites is 1. The zero-order valence-corrected chi connectivity index (χ0v) is 11.1. The molecule has 0 unspecified atom stereocenters. The third-order valence-corrected chi connectivity index (χ3v) is 3.07. The lowest BCUT2D eigenvalue weighted by atomic mass is 10.2. The second-order valence-electron chi connectivity index (χ2n) is 4.25. The number of hydrogen-bond donors (Lipinski definition) is 0. The summed E-state index contributed by atoms with van der Waals surface area (Å²) in [6, 6.07) is 10.7. The molecule has 3 rings (SSSR count). The van der Waals surface area contributed by atoms with E-state index < -0.39 is 5.97 Å². The molecule has 0 bridgehead atoms. The van der Waals surface area contributed by atoms with Gasteiger partial charge in [0.05, 0.1) is 36.3 Å². The van der Waals surface area contributed by atoms with Gasteiger partial charge < -0.3 is 9.47 Å². The number of hydrogen-bond acceptors (Lipinski definition) is 5. The van der Waals surface area contributed by atoms with Crippen molar-refractivity contribution in [3.63, 3.8) is 0 Å². The van der Waals surface area contributed by atoms with Gasteiger partial charge in [-0.25, -0.2) is 14.8 Å². The number of benzene rings is 2. The number of methoxy groups -OCH3 is 2. The fourth-order valence-electron chi connectivity index (χ4n) is 2.08. The lowest BCUT2D eigenvalue weighted by molar-refractivity contribution is 0.0601. The van der Waals surface area contributed by atoms with Crippen LogP contribution in [0.4, 0.5) is 0 Å². The average Bonchev–Trinajstić information content (AvgIpc) is 2.50. The molecule has 5 heteroatoms. The van der Waals surface area contributed by atoms with Crippen molar-refractivity contribution in [3.05, 3.63) is 42.0 Å². The highest BCUT2D eigenvalue weighted by Crippen LogP contribution is 2.25. The summed E-state index contributed by atoms with van der Waals surface area (Å²) < 4.78 is 9.99. The first-order valence-corrected chi connectivity index (χ1v) is 6.06. The lowest BCUT2D eigenvalue weighted by Gasteiger charge is -2.06. The molecule has 100 valence electrons. The van der Waals surface area contributed by atoms with Crippen molar-refractivity contribution >= 4 is 28.0 Å². The monoisotopic (exact) mass is 268 g/mol. The first-order valence-electron chi connectivity index (χ1n) is 6.06. The van der Waals surface area contributed by atoms with Crippen molar-refractivity contribution in [3.8, 4) is 5.75 Å². The fraction of sp³-hybridized carbons (Fsp3) is 0.133. The molecule has 0 saturated carbocycles. The molecule has 0 amide bonds. The summed E-state index contributed by atoms with van der Waals surface area (Å²) in [6.07, 6.45) is 0. The molecule has 20 heavy (non-hydrogen) atoms. The molecule has 0 spiro atoms. The molecule has 0 N–H and O–H groups in total. The van der Waals surface area contributed by atoms with Gasteiger partial charge in [0.1, 0.15) is 11.3 Å². The molecule has 0 saturated heterocycles. The van der Waals surface area contributed by atoms with E-state index in [0.29, 0.717) is 22.3 Å². The fourth-order valence-corrected chi connectivity index (χ4v) is 2.08. The summed E-state index contributed by atoms with van der Waals surface area (Å²) in [5.41, 5.74) is 3.22. The molecular weight excluding hydrogens is 256 g/mol. The van der Waals surface area contributed by atoms with Crippen LogP contribution in [0.15, 0.2) is 36.4 Å². The Kier molecular flexibility index (Phi) is 2.95. The molecule has 0 aliphatic heterocycles. The molecule has 0 aliphatic rings. The molecule has 0 aliphatic carbocycles. The SMILES string of the molecule is COC(=O)c1ccc2nc3cccc(OC)c3nc2c1. The van der Waals surface area contributed by atoms with E-state index in [1.807, 2.05) is 18.2 Å². The Morgan fingerprint density at radius 2 is 1.85 bits per heavy atom. The summed E-state index contributed by atoms with van der Waals surface area (Å²) in [4.78, 5) is 20.6. The van der Waals surface area contributed by atoms with E-state index in [0.717, 1.165) is 11.0 Å². The Bertz CT molecular complexity index is 815. The number of fused-ring (bicyclic) bond motifs is 2. The molecule has 1 aromatic heterocycles. The Balaban J connectivity index is 2.29. The van der Waals surface area contributed by atoms with E-state index in [1.165, 1.54) is 7.11 Å². The molecule has 0 atom stereocenters. The van der Waals surface area contributed by atoms with Crippen molar-refractivity contribution < 1.29 is 14.3 Å². The molecule has 0 radical (unpaired) electrons. The third kappa shape index (κ3) is 1.93. The number of ether oxygens (including phenoxy) is 2. The molecule has 0 fully saturated rings. The van der Waals surface area contributed by atoms with Gasteiger partial charge in [0.2, 0.25) is 0 Å². The van der Waals surface area contributed by atoms with E-state index in [4.69, 9.17) is 9.47 Å². The minimum Gasteiger partial charge on any atom is -0.494 e. The summed E-state index contributed by atoms with van der Waals surface area (Å²) in [5.74, 6) is 0.259. The predicted octanol–water partition coefficient (Wildman–Crippen LogP) is 2.58. The van der Waals surface area contributed by atoms with Crippen LogP contribution in [-0.4, -0.2) is 30.2 Å². The smallest absolute Gasteiger partial charge is 0.337 e. The number of carbonyl (C=O) groups is 1. The van der Waals surface area contributed by atoms with Crippen LogP contribution < -0.4 is 4.74 Å². The normalized spacial score (nSPS) is 10.7. The van der Waals surface area contributed by atoms with Gasteiger partial charge in [0.15, 0.2) is 0 Å². The second kappa shape index (κ2) is 4.77. The van der Waals surface area contributed by atoms with Crippen molar-refractivity contribution in [2.24, 2.45) is 0 Å². The van der Waals surface area contributed by atoms with Gasteiger partial charge >= 0.3 is 5.97 Å². The Morgan fingerprint density at radius 1 is 1.00 bits per heavy atom. The summed E-state index contributed by atoms with van der Waals surface area (Å²) in [5, 5.41) is 0. The van der Waals surface area contributed by atoms with Crippen LogP contribution in [0.1, 0.15) is 10.4 Å². The Labute approximate surface area is 115 Å². The molecule has 5 nitrogen and oxygen atoms in total. The van der Waals surface area contributed by atoms with Gasteiger partial charge in [-0.15, -0.1) is 0 Å². The Hall–Kier alpha value is -2.69. The first-order chi connectivity index (χ1) is 9.72. The quantitative estimate of drug-likeness (QED) is 0.528. The summed E-state index contributed by atoms with van der Waals surface area (Å²) >= 11 is 0. The third-order valence-electron chi connectivity index (χ3n) is 3.07. The topological polar surface area (TPSA) is 61.3 Å². The minimum absolute atomic E-state index is 0.395. The van der Waals surface area contributed by atoms with Gasteiger partial charge in [0.25, 0.3) is 0 Å². The van der Waals surface area contributed by atoms with Crippen LogP contribution in [0.25, 0.3) is 22.1 Å². The maximum Gasteiger partial charge on any atom is 0.337 e. The highest BCUT2D eigenvalue weighted by atomic mass is 16.5. The molecule has 3 aromatic rings. The van der Waals surface area contributed by atoms with Gasteiger partial charge in [-0.1, -0.05) is 6.07 Å². The van der Waals surface area contributed by atoms with E-state index in [1.54, 1.807) is 25.3 Å². The van der Waals surface area contributed by atoms with Crippen molar-refractivity contribution in [1.29, 1.82) is 0 Å². The van der Waals surface area contributed by atoms with E-state index >= 15 is 0 Å². The van der Waals surface area contributed by atoms with E-state index in [-0.39, 0.29) is 0 Å². The van der Waals surface area contributed by atoms with Crippen LogP contribution in [0.5, 0.6) is 5.75 Å². The van der Waals surface area contributed by atoms with Crippen LogP contribution >= 0.6 is 0 Å². The van der Waals surface area contributed by atoms with E-state index in [2.05, 4.69) is 9.97 Å². The Morgan fingerprint density at radius 3 is 2.60 bits per heavy atom. The maximum atomic E-state index is 11.5. The van der Waals surface area contributed by atoms with Gasteiger partial charge in [-0.05, 0) is 30.3 Å². The lowest BCUT2D eigenvalue weighted by Crippen LogP contribution is -2.01. The minimum atomic E-state index is -0.395.